The van der Waals surface area contributed by atoms with Gasteiger partial charge >= 0.3 is 5.97 Å². The summed E-state index contributed by atoms with van der Waals surface area (Å²) in [6.07, 6.45) is 0.531. The Morgan fingerprint density at radius 3 is 2.36 bits per heavy atom. The van der Waals surface area contributed by atoms with Gasteiger partial charge in [0.05, 0.1) is 12.5 Å². The molecule has 0 bridgehead atoms. The molecule has 4 nitrogen and oxygen atoms in total. The van der Waals surface area contributed by atoms with Crippen molar-refractivity contribution in [3.8, 4) is 0 Å². The molecule has 0 amide bonds. The summed E-state index contributed by atoms with van der Waals surface area (Å²) in [5, 5.41) is 8.52. The summed E-state index contributed by atoms with van der Waals surface area (Å²) in [7, 11) is 0. The number of Topliss-reactive ketones (excluding diaryl/α,β-unsaturated/α-hetero) is 1. The van der Waals surface area contributed by atoms with E-state index in [9.17, 15) is 9.59 Å². The SMILES string of the molecule is CCC(CC(=O)CN)C(=O)O. The van der Waals surface area contributed by atoms with E-state index in [1.54, 1.807) is 6.92 Å². The quantitative estimate of drug-likeness (QED) is 0.592. The van der Waals surface area contributed by atoms with Crippen LogP contribution in [0, 0.1) is 5.92 Å². The minimum Gasteiger partial charge on any atom is -0.481 e. The van der Waals surface area contributed by atoms with E-state index < -0.39 is 11.9 Å². The summed E-state index contributed by atoms with van der Waals surface area (Å²) < 4.78 is 0. The van der Waals surface area contributed by atoms with Crippen LogP contribution in [-0.4, -0.2) is 23.4 Å². The highest BCUT2D eigenvalue weighted by Crippen LogP contribution is 2.07. The van der Waals surface area contributed by atoms with Crippen LogP contribution in [0.15, 0.2) is 0 Å². The lowest BCUT2D eigenvalue weighted by Crippen LogP contribution is -2.21. The van der Waals surface area contributed by atoms with Gasteiger partial charge in [0.15, 0.2) is 0 Å². The van der Waals surface area contributed by atoms with Crippen LogP contribution in [0.1, 0.15) is 19.8 Å². The molecule has 0 spiro atoms. The molecule has 0 rings (SSSR count). The van der Waals surface area contributed by atoms with E-state index in [-0.39, 0.29) is 18.7 Å². The van der Waals surface area contributed by atoms with Crippen molar-refractivity contribution < 1.29 is 14.7 Å². The fourth-order valence-electron chi connectivity index (χ4n) is 0.764. The molecule has 0 aromatic carbocycles. The summed E-state index contributed by atoms with van der Waals surface area (Å²) in [5.41, 5.74) is 5.03. The number of carbonyl (C=O) groups excluding carboxylic acids is 1. The second kappa shape index (κ2) is 4.85. The largest absolute Gasteiger partial charge is 0.481 e. The molecule has 1 atom stereocenters. The van der Waals surface area contributed by atoms with Crippen LogP contribution in [0.4, 0.5) is 0 Å². The number of hydrogen-bond donors (Lipinski definition) is 2. The minimum atomic E-state index is -0.922. The van der Waals surface area contributed by atoms with Crippen molar-refractivity contribution in [1.82, 2.24) is 0 Å². The molecular weight excluding hydrogens is 146 g/mol. The summed E-state index contributed by atoms with van der Waals surface area (Å²) in [6.45, 7) is 1.67. The molecule has 64 valence electrons. The van der Waals surface area contributed by atoms with Crippen molar-refractivity contribution in [2.24, 2.45) is 11.7 Å². The van der Waals surface area contributed by atoms with E-state index in [4.69, 9.17) is 10.8 Å². The average Bonchev–Trinajstić information content (AvgIpc) is 1.99. The zero-order valence-electron chi connectivity index (χ0n) is 6.54. The monoisotopic (exact) mass is 159 g/mol. The number of carbonyl (C=O) groups is 2. The third kappa shape index (κ3) is 3.72. The maximum atomic E-state index is 10.7. The smallest absolute Gasteiger partial charge is 0.306 e. The van der Waals surface area contributed by atoms with E-state index in [0.29, 0.717) is 6.42 Å². The highest BCUT2D eigenvalue weighted by molar-refractivity contribution is 5.84. The molecule has 0 radical (unpaired) electrons. The number of carboxylic acids is 1. The first-order chi connectivity index (χ1) is 5.11. The number of aliphatic carboxylic acids is 1. The van der Waals surface area contributed by atoms with Gasteiger partial charge in [0.1, 0.15) is 5.78 Å². The molecule has 0 saturated carbocycles. The first-order valence-electron chi connectivity index (χ1n) is 3.56. The van der Waals surface area contributed by atoms with Crippen LogP contribution in [-0.2, 0) is 9.59 Å². The van der Waals surface area contributed by atoms with Crippen molar-refractivity contribution in [2.75, 3.05) is 6.54 Å². The Labute approximate surface area is 65.4 Å². The summed E-state index contributed by atoms with van der Waals surface area (Å²) >= 11 is 0. The first-order valence-corrected chi connectivity index (χ1v) is 3.56. The zero-order chi connectivity index (χ0) is 8.85. The third-order valence-electron chi connectivity index (χ3n) is 1.54. The number of nitrogens with two attached hydrogens (primary N) is 1. The van der Waals surface area contributed by atoms with Gasteiger partial charge < -0.3 is 10.8 Å². The van der Waals surface area contributed by atoms with Crippen LogP contribution in [0.25, 0.3) is 0 Å². The Balaban J connectivity index is 3.88. The lowest BCUT2D eigenvalue weighted by molar-refractivity contribution is -0.143. The lowest BCUT2D eigenvalue weighted by atomic mass is 10.0. The van der Waals surface area contributed by atoms with Crippen LogP contribution in [0.5, 0.6) is 0 Å². The summed E-state index contributed by atoms with van der Waals surface area (Å²) in [6, 6.07) is 0. The fraction of sp³-hybridized carbons (Fsp3) is 0.714. The van der Waals surface area contributed by atoms with Crippen molar-refractivity contribution >= 4 is 11.8 Å². The van der Waals surface area contributed by atoms with Gasteiger partial charge in [-0.1, -0.05) is 6.92 Å². The molecule has 11 heavy (non-hydrogen) atoms. The van der Waals surface area contributed by atoms with Crippen molar-refractivity contribution in [2.45, 2.75) is 19.8 Å². The molecule has 0 aliphatic heterocycles. The second-order valence-electron chi connectivity index (χ2n) is 2.39. The maximum Gasteiger partial charge on any atom is 0.306 e. The molecule has 0 aromatic heterocycles. The Hall–Kier alpha value is -0.900. The summed E-state index contributed by atoms with van der Waals surface area (Å²) in [4.78, 5) is 21.1. The molecule has 0 saturated heterocycles. The fourth-order valence-corrected chi connectivity index (χ4v) is 0.764. The van der Waals surface area contributed by atoms with E-state index in [0.717, 1.165) is 0 Å². The van der Waals surface area contributed by atoms with Gasteiger partial charge in [0, 0.05) is 6.42 Å². The molecular formula is C7H13NO3. The van der Waals surface area contributed by atoms with Gasteiger partial charge in [-0.25, -0.2) is 0 Å². The van der Waals surface area contributed by atoms with Crippen LogP contribution in [0.2, 0.25) is 0 Å². The molecule has 0 aliphatic rings. The molecule has 4 heteroatoms. The predicted molar refractivity (Wildman–Crippen MR) is 40.1 cm³/mol. The average molecular weight is 159 g/mol. The third-order valence-corrected chi connectivity index (χ3v) is 1.54. The molecule has 0 aromatic rings. The van der Waals surface area contributed by atoms with Gasteiger partial charge in [-0.05, 0) is 6.42 Å². The van der Waals surface area contributed by atoms with Crippen LogP contribution in [0.3, 0.4) is 0 Å². The van der Waals surface area contributed by atoms with Gasteiger partial charge in [-0.15, -0.1) is 0 Å². The van der Waals surface area contributed by atoms with Crippen molar-refractivity contribution in [3.05, 3.63) is 0 Å². The van der Waals surface area contributed by atoms with E-state index in [2.05, 4.69) is 0 Å². The highest BCUT2D eigenvalue weighted by atomic mass is 16.4. The van der Waals surface area contributed by atoms with Crippen molar-refractivity contribution in [1.29, 1.82) is 0 Å². The Morgan fingerprint density at radius 2 is 2.09 bits per heavy atom. The van der Waals surface area contributed by atoms with Gasteiger partial charge in [-0.2, -0.15) is 0 Å². The Morgan fingerprint density at radius 1 is 1.55 bits per heavy atom. The Bertz CT molecular complexity index is 156. The van der Waals surface area contributed by atoms with Gasteiger partial charge in [0.2, 0.25) is 0 Å². The highest BCUT2D eigenvalue weighted by Gasteiger charge is 2.17. The Kier molecular flexibility index (Phi) is 4.45. The van der Waals surface area contributed by atoms with Crippen LogP contribution < -0.4 is 5.73 Å². The molecule has 0 fully saturated rings. The van der Waals surface area contributed by atoms with E-state index in [1.165, 1.54) is 0 Å². The number of rotatable bonds is 5. The van der Waals surface area contributed by atoms with Gasteiger partial charge in [0.25, 0.3) is 0 Å². The van der Waals surface area contributed by atoms with E-state index in [1.807, 2.05) is 0 Å². The second-order valence-corrected chi connectivity index (χ2v) is 2.39. The van der Waals surface area contributed by atoms with Crippen molar-refractivity contribution in [3.63, 3.8) is 0 Å². The van der Waals surface area contributed by atoms with Crippen LogP contribution >= 0.6 is 0 Å². The predicted octanol–water partition coefficient (Wildman–Crippen LogP) is 0.0151. The molecule has 0 heterocycles. The van der Waals surface area contributed by atoms with E-state index >= 15 is 0 Å². The molecule has 0 aliphatic carbocycles. The molecule has 1 unspecified atom stereocenters. The van der Waals surface area contributed by atoms with Gasteiger partial charge in [-0.3, -0.25) is 9.59 Å². The normalized spacial score (nSPS) is 12.5. The minimum absolute atomic E-state index is 0.0579. The standard InChI is InChI=1S/C7H13NO3/c1-2-5(7(10)11)3-6(9)4-8/h5H,2-4,8H2,1H3,(H,10,11). The lowest BCUT2D eigenvalue weighted by Gasteiger charge is -2.06. The maximum absolute atomic E-state index is 10.7. The number of ketones is 1. The topological polar surface area (TPSA) is 80.4 Å². The molecule has 3 N–H and O–H groups in total. The zero-order valence-corrected chi connectivity index (χ0v) is 6.54. The number of hydrogen-bond acceptors (Lipinski definition) is 3. The first kappa shape index (κ1) is 10.1. The summed E-state index contributed by atoms with van der Waals surface area (Å²) in [5.74, 6) is -1.68. The number of carboxylic acid groups (broad SMARTS) is 1.